The van der Waals surface area contributed by atoms with Crippen LogP contribution in [-0.2, 0) is 4.79 Å². The lowest BCUT2D eigenvalue weighted by Crippen LogP contribution is -2.36. The number of ketones is 1. The van der Waals surface area contributed by atoms with E-state index in [1.807, 2.05) is 6.92 Å². The van der Waals surface area contributed by atoms with E-state index in [0.29, 0.717) is 23.6 Å². The molecule has 0 radical (unpaired) electrons. The topological polar surface area (TPSA) is 64.6 Å². The molecule has 5 heteroatoms. The molecule has 110 valence electrons. The number of benzene rings is 1. The Balaban J connectivity index is 2.89. The maximum Gasteiger partial charge on any atom is 0.260 e. The molecule has 1 aromatic rings. The summed E-state index contributed by atoms with van der Waals surface area (Å²) in [7, 11) is 1.53. The smallest absolute Gasteiger partial charge is 0.260 e. The van der Waals surface area contributed by atoms with Crippen molar-refractivity contribution < 1.29 is 19.1 Å². The van der Waals surface area contributed by atoms with Gasteiger partial charge in [0.05, 0.1) is 12.7 Å². The van der Waals surface area contributed by atoms with Crippen molar-refractivity contribution in [3.63, 3.8) is 0 Å². The second-order valence-corrected chi connectivity index (χ2v) is 4.47. The number of ether oxygens (including phenoxy) is 2. The molecule has 1 rings (SSSR count). The van der Waals surface area contributed by atoms with E-state index in [1.165, 1.54) is 14.0 Å². The summed E-state index contributed by atoms with van der Waals surface area (Å²) >= 11 is 0. The number of carbonyl (C=O) groups is 2. The van der Waals surface area contributed by atoms with Gasteiger partial charge in [0.2, 0.25) is 0 Å². The molecule has 0 saturated carbocycles. The Hall–Kier alpha value is -2.04. The van der Waals surface area contributed by atoms with Crippen molar-refractivity contribution in [2.45, 2.75) is 33.3 Å². The van der Waals surface area contributed by atoms with Gasteiger partial charge in [-0.3, -0.25) is 9.59 Å². The van der Waals surface area contributed by atoms with Gasteiger partial charge in [0, 0.05) is 12.6 Å². The summed E-state index contributed by atoms with van der Waals surface area (Å²) < 4.78 is 10.7. The second kappa shape index (κ2) is 7.53. The van der Waals surface area contributed by atoms with Crippen LogP contribution in [0, 0.1) is 0 Å². The summed E-state index contributed by atoms with van der Waals surface area (Å²) in [6, 6.07) is 4.93. The first-order chi connectivity index (χ1) is 9.49. The molecule has 5 nitrogen and oxygen atoms in total. The molecule has 0 aromatic heterocycles. The Morgan fingerprint density at radius 2 is 2.05 bits per heavy atom. The molecule has 1 N–H and O–H groups in total. The lowest BCUT2D eigenvalue weighted by Gasteiger charge is -2.17. The van der Waals surface area contributed by atoms with Crippen LogP contribution in [0.3, 0.4) is 0 Å². The maximum absolute atomic E-state index is 11.8. The van der Waals surface area contributed by atoms with Crippen LogP contribution in [0.4, 0.5) is 0 Å². The summed E-state index contributed by atoms with van der Waals surface area (Å²) in [5.41, 5.74) is 0.431. The Morgan fingerprint density at radius 1 is 1.35 bits per heavy atom. The van der Waals surface area contributed by atoms with Crippen LogP contribution >= 0.6 is 0 Å². The summed E-state index contributed by atoms with van der Waals surface area (Å²) in [4.78, 5) is 23.4. The van der Waals surface area contributed by atoms with Crippen LogP contribution in [-0.4, -0.2) is 31.4 Å². The second-order valence-electron chi connectivity index (χ2n) is 4.47. The molecule has 0 aliphatic rings. The highest BCUT2D eigenvalue weighted by molar-refractivity contribution is 5.97. The fourth-order valence-electron chi connectivity index (χ4n) is 1.65. The zero-order valence-electron chi connectivity index (χ0n) is 12.4. The first-order valence-electron chi connectivity index (χ1n) is 6.63. The standard InChI is InChI=1S/C15H21NO4/c1-5-8-16-15(18)11(3)20-14-9-12(19-4)6-7-13(14)10(2)17/h6-7,9,11H,5,8H2,1-4H3,(H,16,18). The van der Waals surface area contributed by atoms with Crippen molar-refractivity contribution in [3.8, 4) is 11.5 Å². The third-order valence-corrected chi connectivity index (χ3v) is 2.79. The number of hydrogen-bond donors (Lipinski definition) is 1. The highest BCUT2D eigenvalue weighted by Crippen LogP contribution is 2.26. The van der Waals surface area contributed by atoms with Crippen LogP contribution in [0.1, 0.15) is 37.6 Å². The van der Waals surface area contributed by atoms with E-state index in [9.17, 15) is 9.59 Å². The first-order valence-corrected chi connectivity index (χ1v) is 6.63. The minimum atomic E-state index is -0.674. The predicted octanol–water partition coefficient (Wildman–Crippen LogP) is 2.19. The minimum absolute atomic E-state index is 0.121. The molecule has 20 heavy (non-hydrogen) atoms. The molecule has 0 saturated heterocycles. The van der Waals surface area contributed by atoms with E-state index >= 15 is 0 Å². The Bertz CT molecular complexity index is 485. The quantitative estimate of drug-likeness (QED) is 0.777. The monoisotopic (exact) mass is 279 g/mol. The van der Waals surface area contributed by atoms with Crippen LogP contribution in [0.25, 0.3) is 0 Å². The molecule has 0 aliphatic heterocycles. The summed E-state index contributed by atoms with van der Waals surface area (Å²) in [6.07, 6.45) is 0.183. The average molecular weight is 279 g/mol. The van der Waals surface area contributed by atoms with Crippen molar-refractivity contribution in [1.82, 2.24) is 5.32 Å². The molecule has 0 heterocycles. The number of amides is 1. The van der Waals surface area contributed by atoms with Crippen molar-refractivity contribution >= 4 is 11.7 Å². The number of carbonyl (C=O) groups excluding carboxylic acids is 2. The number of nitrogens with one attached hydrogen (secondary N) is 1. The van der Waals surface area contributed by atoms with E-state index in [-0.39, 0.29) is 11.7 Å². The molecule has 0 spiro atoms. The molecule has 1 unspecified atom stereocenters. The van der Waals surface area contributed by atoms with Crippen LogP contribution < -0.4 is 14.8 Å². The highest BCUT2D eigenvalue weighted by atomic mass is 16.5. The Labute approximate surface area is 119 Å². The Kier molecular flexibility index (Phi) is 6.03. The van der Waals surface area contributed by atoms with Gasteiger partial charge >= 0.3 is 0 Å². The highest BCUT2D eigenvalue weighted by Gasteiger charge is 2.17. The predicted molar refractivity (Wildman–Crippen MR) is 76.4 cm³/mol. The normalized spacial score (nSPS) is 11.6. The van der Waals surface area contributed by atoms with Gasteiger partial charge in [0.1, 0.15) is 11.5 Å². The molecule has 1 aromatic carbocycles. The lowest BCUT2D eigenvalue weighted by molar-refractivity contribution is -0.127. The molecule has 1 atom stereocenters. The first kappa shape index (κ1) is 16.0. The van der Waals surface area contributed by atoms with Gasteiger partial charge in [-0.25, -0.2) is 0 Å². The SMILES string of the molecule is CCCNC(=O)C(C)Oc1cc(OC)ccc1C(C)=O. The average Bonchev–Trinajstić information content (AvgIpc) is 2.44. The van der Waals surface area contributed by atoms with Crippen molar-refractivity contribution in [3.05, 3.63) is 23.8 Å². The van der Waals surface area contributed by atoms with Crippen LogP contribution in [0.15, 0.2) is 18.2 Å². The molecule has 0 bridgehead atoms. The van der Waals surface area contributed by atoms with Crippen LogP contribution in [0.2, 0.25) is 0 Å². The van der Waals surface area contributed by atoms with Crippen molar-refractivity contribution in [1.29, 1.82) is 0 Å². The van der Waals surface area contributed by atoms with Crippen LogP contribution in [0.5, 0.6) is 11.5 Å². The molecule has 0 aliphatic carbocycles. The summed E-state index contributed by atoms with van der Waals surface area (Å²) in [6.45, 7) is 5.68. The zero-order valence-corrected chi connectivity index (χ0v) is 12.4. The van der Waals surface area contributed by atoms with E-state index in [2.05, 4.69) is 5.32 Å². The van der Waals surface area contributed by atoms with Gasteiger partial charge in [-0.05, 0) is 32.4 Å². The fourth-order valence-corrected chi connectivity index (χ4v) is 1.65. The zero-order chi connectivity index (χ0) is 15.1. The van der Waals surface area contributed by atoms with E-state index in [0.717, 1.165) is 6.42 Å². The summed E-state index contributed by atoms with van der Waals surface area (Å²) in [5, 5.41) is 2.75. The number of rotatable bonds is 7. The van der Waals surface area contributed by atoms with Gasteiger partial charge in [-0.1, -0.05) is 6.92 Å². The van der Waals surface area contributed by atoms with E-state index in [1.54, 1.807) is 25.1 Å². The van der Waals surface area contributed by atoms with Crippen molar-refractivity contribution in [2.24, 2.45) is 0 Å². The summed E-state index contributed by atoms with van der Waals surface area (Å²) in [5.74, 6) is 0.607. The fraction of sp³-hybridized carbons (Fsp3) is 0.467. The number of methoxy groups -OCH3 is 1. The van der Waals surface area contributed by atoms with Gasteiger partial charge in [-0.2, -0.15) is 0 Å². The Morgan fingerprint density at radius 3 is 2.60 bits per heavy atom. The maximum atomic E-state index is 11.8. The van der Waals surface area contributed by atoms with Gasteiger partial charge < -0.3 is 14.8 Å². The number of Topliss-reactive ketones (excluding diaryl/α,β-unsaturated/α-hetero) is 1. The lowest BCUT2D eigenvalue weighted by atomic mass is 10.1. The molecular formula is C15H21NO4. The third kappa shape index (κ3) is 4.26. The van der Waals surface area contributed by atoms with E-state index < -0.39 is 6.10 Å². The number of hydrogen-bond acceptors (Lipinski definition) is 4. The molecule has 0 fully saturated rings. The molecule has 1 amide bonds. The van der Waals surface area contributed by atoms with Gasteiger partial charge in [0.25, 0.3) is 5.91 Å². The van der Waals surface area contributed by atoms with Crippen molar-refractivity contribution in [2.75, 3.05) is 13.7 Å². The van der Waals surface area contributed by atoms with Gasteiger partial charge in [0.15, 0.2) is 11.9 Å². The van der Waals surface area contributed by atoms with E-state index in [4.69, 9.17) is 9.47 Å². The molecular weight excluding hydrogens is 258 g/mol. The largest absolute Gasteiger partial charge is 0.497 e. The third-order valence-electron chi connectivity index (χ3n) is 2.79. The van der Waals surface area contributed by atoms with Gasteiger partial charge in [-0.15, -0.1) is 0 Å². The minimum Gasteiger partial charge on any atom is -0.497 e.